The van der Waals surface area contributed by atoms with Crippen molar-refractivity contribution < 1.29 is 26.9 Å². The Morgan fingerprint density at radius 3 is 2.26 bits per heavy atom. The second-order valence-corrected chi connectivity index (χ2v) is 9.03. The molecule has 2 aromatic carbocycles. The third kappa shape index (κ3) is 5.99. The van der Waals surface area contributed by atoms with E-state index in [4.69, 9.17) is 5.14 Å². The Balaban J connectivity index is 1.99. The molecule has 2 aromatic rings. The molecule has 0 aliphatic heterocycles. The number of aromatic hydroxyl groups is 1. The first-order valence-corrected chi connectivity index (χ1v) is 10.7. The second-order valence-electron chi connectivity index (χ2n) is 5.66. The lowest BCUT2D eigenvalue weighted by Gasteiger charge is -2.08. The summed E-state index contributed by atoms with van der Waals surface area (Å²) in [5, 5.41) is 25.5. The van der Waals surface area contributed by atoms with Gasteiger partial charge in [-0.3, -0.25) is 10.1 Å². The minimum absolute atomic E-state index is 0.0206. The summed E-state index contributed by atoms with van der Waals surface area (Å²) >= 11 is 0. The van der Waals surface area contributed by atoms with Crippen LogP contribution in [0, 0.1) is 10.1 Å². The number of nitrogens with two attached hydrogens (primary N) is 1. The fourth-order valence-corrected chi connectivity index (χ4v) is 3.92. The van der Waals surface area contributed by atoms with Crippen LogP contribution in [0.2, 0.25) is 0 Å². The van der Waals surface area contributed by atoms with Gasteiger partial charge in [-0.15, -0.1) is 0 Å². The maximum absolute atomic E-state index is 12.1. The van der Waals surface area contributed by atoms with Crippen LogP contribution in [0.25, 0.3) is 0 Å². The minimum atomic E-state index is -3.85. The highest BCUT2D eigenvalue weighted by molar-refractivity contribution is 7.89. The van der Waals surface area contributed by atoms with Gasteiger partial charge in [0.1, 0.15) is 5.75 Å². The zero-order valence-corrected chi connectivity index (χ0v) is 15.5. The van der Waals surface area contributed by atoms with Gasteiger partial charge in [0.2, 0.25) is 20.0 Å². The highest BCUT2D eigenvalue weighted by atomic mass is 32.2. The molecule has 0 spiro atoms. The number of non-ortho nitro benzene ring substituents is 1. The average molecular weight is 415 g/mol. The van der Waals surface area contributed by atoms with Crippen molar-refractivity contribution in [2.24, 2.45) is 5.14 Å². The molecule has 27 heavy (non-hydrogen) atoms. The van der Waals surface area contributed by atoms with Crippen molar-refractivity contribution in [3.8, 4) is 5.75 Å². The van der Waals surface area contributed by atoms with Gasteiger partial charge in [-0.25, -0.2) is 26.7 Å². The fraction of sp³-hybridized carbons (Fsp3) is 0.200. The summed E-state index contributed by atoms with van der Waals surface area (Å²) in [5.74, 6) is -0.977. The first-order valence-electron chi connectivity index (χ1n) is 7.53. The van der Waals surface area contributed by atoms with Gasteiger partial charge in [0.15, 0.2) is 0 Å². The summed E-state index contributed by atoms with van der Waals surface area (Å²) in [6, 6.07) is 8.81. The number of rotatable bonds is 8. The van der Waals surface area contributed by atoms with Crippen LogP contribution in [0.4, 0.5) is 5.69 Å². The van der Waals surface area contributed by atoms with Gasteiger partial charge in [0, 0.05) is 24.2 Å². The summed E-state index contributed by atoms with van der Waals surface area (Å²) in [6.45, 7) is 0.0206. The normalized spacial score (nSPS) is 12.0. The lowest BCUT2D eigenvalue weighted by molar-refractivity contribution is -0.384. The van der Waals surface area contributed by atoms with Crippen molar-refractivity contribution in [2.45, 2.75) is 17.1 Å². The number of phenolic OH excluding ortho intramolecular Hbond substituents is 1. The van der Waals surface area contributed by atoms with Crippen LogP contribution in [0.5, 0.6) is 5.75 Å². The van der Waals surface area contributed by atoms with E-state index in [0.717, 1.165) is 18.2 Å². The Labute approximate surface area is 155 Å². The average Bonchev–Trinajstić information content (AvgIpc) is 2.56. The molecular formula is C15H17N3O7S2. The van der Waals surface area contributed by atoms with Gasteiger partial charge in [-0.1, -0.05) is 12.1 Å². The number of primary sulfonamides is 1. The number of nitrogens with zero attached hydrogens (tertiary/aromatic N) is 1. The number of nitro groups is 1. The monoisotopic (exact) mass is 415 g/mol. The van der Waals surface area contributed by atoms with Gasteiger partial charge < -0.3 is 5.11 Å². The number of sulfonamides is 2. The molecule has 0 aliphatic carbocycles. The molecule has 12 heteroatoms. The highest BCUT2D eigenvalue weighted by Crippen LogP contribution is 2.24. The van der Waals surface area contributed by atoms with Gasteiger partial charge in [0.05, 0.1) is 15.6 Å². The molecule has 0 radical (unpaired) electrons. The number of phenols is 1. The van der Waals surface area contributed by atoms with Crippen LogP contribution >= 0.6 is 0 Å². The van der Waals surface area contributed by atoms with Crippen molar-refractivity contribution in [1.29, 1.82) is 0 Å². The summed E-state index contributed by atoms with van der Waals surface area (Å²) in [7, 11) is -7.64. The number of nitrogens with one attached hydrogen (secondary N) is 1. The molecule has 0 saturated carbocycles. The van der Waals surface area contributed by atoms with Crippen LogP contribution in [0.3, 0.4) is 0 Å². The molecule has 10 nitrogen and oxygen atoms in total. The first-order chi connectivity index (χ1) is 12.5. The van der Waals surface area contributed by atoms with Crippen molar-refractivity contribution in [1.82, 2.24) is 4.72 Å². The zero-order chi connectivity index (χ0) is 20.2. The Bertz CT molecular complexity index is 1050. The van der Waals surface area contributed by atoms with E-state index in [1.165, 1.54) is 24.3 Å². The van der Waals surface area contributed by atoms with Crippen molar-refractivity contribution in [2.75, 3.05) is 6.54 Å². The van der Waals surface area contributed by atoms with E-state index >= 15 is 0 Å². The second kappa shape index (κ2) is 8.00. The van der Waals surface area contributed by atoms with E-state index in [9.17, 15) is 32.1 Å². The van der Waals surface area contributed by atoms with Crippen molar-refractivity contribution in [3.05, 3.63) is 63.7 Å². The molecule has 146 valence electrons. The molecule has 0 atom stereocenters. The SMILES string of the molecule is NS(=O)(=O)c1ccc(CCNS(=O)(=O)Cc2cc([N+](=O)[O-])ccc2O)cc1. The standard InChI is InChI=1S/C15H17N3O7S2/c16-27(24,25)14-4-1-11(2-5-14)7-8-17-26(22,23)10-12-9-13(18(20)21)3-6-15(12)19/h1-6,9,17,19H,7-8,10H2,(H2,16,24,25). The van der Waals surface area contributed by atoms with Crippen LogP contribution < -0.4 is 9.86 Å². The quantitative estimate of drug-likeness (QED) is 0.419. The molecule has 0 amide bonds. The number of nitro benzene ring substituents is 1. The molecule has 0 aliphatic rings. The first kappa shape index (κ1) is 20.8. The smallest absolute Gasteiger partial charge is 0.270 e. The third-order valence-electron chi connectivity index (χ3n) is 3.61. The van der Waals surface area contributed by atoms with E-state index in [1.807, 2.05) is 0 Å². The molecule has 0 heterocycles. The maximum Gasteiger partial charge on any atom is 0.270 e. The van der Waals surface area contributed by atoms with Crippen molar-refractivity contribution in [3.63, 3.8) is 0 Å². The minimum Gasteiger partial charge on any atom is -0.508 e. The maximum atomic E-state index is 12.1. The molecule has 0 saturated heterocycles. The van der Waals surface area contributed by atoms with E-state index in [1.54, 1.807) is 0 Å². The Kier molecular flexibility index (Phi) is 6.15. The fourth-order valence-electron chi connectivity index (χ4n) is 2.25. The molecule has 0 aromatic heterocycles. The number of hydrogen-bond donors (Lipinski definition) is 3. The van der Waals surface area contributed by atoms with Gasteiger partial charge in [-0.05, 0) is 30.2 Å². The van der Waals surface area contributed by atoms with Gasteiger partial charge >= 0.3 is 0 Å². The molecule has 4 N–H and O–H groups in total. The summed E-state index contributed by atoms with van der Waals surface area (Å²) < 4.78 is 48.9. The van der Waals surface area contributed by atoms with Crippen LogP contribution in [0.1, 0.15) is 11.1 Å². The lowest BCUT2D eigenvalue weighted by Crippen LogP contribution is -2.27. The largest absolute Gasteiger partial charge is 0.508 e. The Morgan fingerprint density at radius 2 is 1.70 bits per heavy atom. The third-order valence-corrected chi connectivity index (χ3v) is 5.87. The predicted molar refractivity (Wildman–Crippen MR) is 96.9 cm³/mol. The Morgan fingerprint density at radius 1 is 1.07 bits per heavy atom. The lowest BCUT2D eigenvalue weighted by atomic mass is 10.2. The van der Waals surface area contributed by atoms with E-state index in [0.29, 0.717) is 5.56 Å². The van der Waals surface area contributed by atoms with Crippen LogP contribution in [0.15, 0.2) is 47.4 Å². The molecular weight excluding hydrogens is 398 g/mol. The molecule has 0 unspecified atom stereocenters. The summed E-state index contributed by atoms with van der Waals surface area (Å²) in [5.41, 5.74) is 0.269. The molecule has 0 bridgehead atoms. The van der Waals surface area contributed by atoms with E-state index in [2.05, 4.69) is 4.72 Å². The molecule has 0 fully saturated rings. The summed E-state index contributed by atoms with van der Waals surface area (Å²) in [6.07, 6.45) is 0.283. The molecule has 2 rings (SSSR count). The zero-order valence-electron chi connectivity index (χ0n) is 13.9. The van der Waals surface area contributed by atoms with Gasteiger partial charge in [-0.2, -0.15) is 0 Å². The number of benzene rings is 2. The van der Waals surface area contributed by atoms with Gasteiger partial charge in [0.25, 0.3) is 5.69 Å². The topological polar surface area (TPSA) is 170 Å². The van der Waals surface area contributed by atoms with E-state index < -0.39 is 30.7 Å². The van der Waals surface area contributed by atoms with Crippen LogP contribution in [-0.2, 0) is 32.2 Å². The summed E-state index contributed by atoms with van der Waals surface area (Å²) in [4.78, 5) is 10.0. The van der Waals surface area contributed by atoms with E-state index in [-0.39, 0.29) is 34.9 Å². The predicted octanol–water partition coefficient (Wildman–Crippen LogP) is 0.610. The Hall–Kier alpha value is -2.54. The highest BCUT2D eigenvalue weighted by Gasteiger charge is 2.17. The van der Waals surface area contributed by atoms with Crippen molar-refractivity contribution >= 4 is 25.7 Å². The van der Waals surface area contributed by atoms with Crippen LogP contribution in [-0.4, -0.2) is 33.4 Å². The number of hydrogen-bond acceptors (Lipinski definition) is 7.